The third-order valence-electron chi connectivity index (χ3n) is 3.83. The zero-order chi connectivity index (χ0) is 19.1. The van der Waals surface area contributed by atoms with Gasteiger partial charge in [0.15, 0.2) is 6.61 Å². The van der Waals surface area contributed by atoms with Crippen LogP contribution in [0.2, 0.25) is 5.02 Å². The van der Waals surface area contributed by atoms with Gasteiger partial charge in [-0.25, -0.2) is 0 Å². The molecule has 0 aromatic heterocycles. The lowest BCUT2D eigenvalue weighted by Gasteiger charge is -2.28. The summed E-state index contributed by atoms with van der Waals surface area (Å²) in [6, 6.07) is 13.7. The Morgan fingerprint density at radius 2 is 1.92 bits per heavy atom. The summed E-state index contributed by atoms with van der Waals surface area (Å²) in [7, 11) is 1.55. The highest BCUT2D eigenvalue weighted by atomic mass is 79.9. The molecule has 7 heteroatoms. The first kappa shape index (κ1) is 20.3. The van der Waals surface area contributed by atoms with E-state index in [0.29, 0.717) is 17.3 Å². The summed E-state index contributed by atoms with van der Waals surface area (Å²) < 4.78 is 6.45. The number of carbonyl (C=O) groups excluding carboxylic acids is 2. The summed E-state index contributed by atoms with van der Waals surface area (Å²) in [6.45, 7) is 1.82. The van der Waals surface area contributed by atoms with Gasteiger partial charge in [-0.05, 0) is 48.9 Å². The van der Waals surface area contributed by atoms with Crippen molar-refractivity contribution in [2.75, 3.05) is 13.7 Å². The van der Waals surface area contributed by atoms with E-state index in [-0.39, 0.29) is 18.4 Å². The van der Waals surface area contributed by atoms with Gasteiger partial charge >= 0.3 is 0 Å². The van der Waals surface area contributed by atoms with Crippen LogP contribution < -0.4 is 10.1 Å². The number of rotatable bonds is 7. The van der Waals surface area contributed by atoms with Crippen molar-refractivity contribution in [1.29, 1.82) is 0 Å². The molecule has 138 valence electrons. The van der Waals surface area contributed by atoms with E-state index in [0.717, 1.165) is 10.0 Å². The van der Waals surface area contributed by atoms with E-state index >= 15 is 0 Å². The van der Waals surface area contributed by atoms with E-state index in [1.807, 2.05) is 24.3 Å². The molecule has 0 unspecified atom stereocenters. The van der Waals surface area contributed by atoms with Gasteiger partial charge in [-0.1, -0.05) is 39.7 Å². The van der Waals surface area contributed by atoms with Gasteiger partial charge in [0.05, 0.1) is 0 Å². The number of hydrogen-bond donors (Lipinski definition) is 1. The maximum atomic E-state index is 12.7. The Hall–Kier alpha value is -2.05. The molecule has 26 heavy (non-hydrogen) atoms. The number of nitrogens with zero attached hydrogens (tertiary/aromatic N) is 1. The number of nitrogens with one attached hydrogen (secondary N) is 1. The maximum Gasteiger partial charge on any atom is 0.261 e. The Bertz CT molecular complexity index is 768. The van der Waals surface area contributed by atoms with Crippen molar-refractivity contribution >= 4 is 39.3 Å². The molecule has 0 aliphatic heterocycles. The van der Waals surface area contributed by atoms with Crippen molar-refractivity contribution in [1.82, 2.24) is 10.2 Å². The lowest BCUT2D eigenvalue weighted by atomic mass is 10.1. The zero-order valence-corrected chi connectivity index (χ0v) is 16.9. The van der Waals surface area contributed by atoms with Crippen molar-refractivity contribution in [3.63, 3.8) is 0 Å². The molecule has 0 bridgehead atoms. The first-order chi connectivity index (χ1) is 12.4. The van der Waals surface area contributed by atoms with E-state index in [1.54, 1.807) is 38.2 Å². The first-order valence-corrected chi connectivity index (χ1v) is 9.21. The van der Waals surface area contributed by atoms with Crippen molar-refractivity contribution in [2.24, 2.45) is 0 Å². The molecular formula is C19H20BrClN2O3. The lowest BCUT2D eigenvalue weighted by molar-refractivity contribution is -0.142. The van der Waals surface area contributed by atoms with E-state index in [2.05, 4.69) is 21.2 Å². The highest BCUT2D eigenvalue weighted by Crippen LogP contribution is 2.17. The second-order valence-corrected chi connectivity index (χ2v) is 7.04. The molecule has 2 rings (SSSR count). The van der Waals surface area contributed by atoms with Crippen LogP contribution in [0.15, 0.2) is 53.0 Å². The van der Waals surface area contributed by atoms with Gasteiger partial charge in [-0.15, -0.1) is 0 Å². The Kier molecular flexibility index (Phi) is 7.48. The molecule has 0 aliphatic carbocycles. The van der Waals surface area contributed by atoms with E-state index < -0.39 is 6.04 Å². The number of carbonyl (C=O) groups is 2. The minimum atomic E-state index is -0.625. The number of halogens is 2. The van der Waals surface area contributed by atoms with Gasteiger partial charge in [0.25, 0.3) is 5.91 Å². The molecule has 0 fully saturated rings. The quantitative estimate of drug-likeness (QED) is 0.716. The largest absolute Gasteiger partial charge is 0.484 e. The summed E-state index contributed by atoms with van der Waals surface area (Å²) in [5.41, 5.74) is 0.912. The molecule has 1 N–H and O–H groups in total. The van der Waals surface area contributed by atoms with Gasteiger partial charge in [-0.3, -0.25) is 9.59 Å². The van der Waals surface area contributed by atoms with Gasteiger partial charge in [0.1, 0.15) is 11.8 Å². The number of likely N-dealkylation sites (N-methyl/N-ethyl adjacent to an activating group) is 1. The minimum absolute atomic E-state index is 0.170. The topological polar surface area (TPSA) is 58.6 Å². The predicted octanol–water partition coefficient (Wildman–Crippen LogP) is 3.64. The molecule has 0 aliphatic rings. The molecule has 0 saturated heterocycles. The molecule has 0 radical (unpaired) electrons. The minimum Gasteiger partial charge on any atom is -0.484 e. The van der Waals surface area contributed by atoms with Crippen LogP contribution >= 0.6 is 27.5 Å². The van der Waals surface area contributed by atoms with Crippen LogP contribution in [0.3, 0.4) is 0 Å². The molecular weight excluding hydrogens is 420 g/mol. The third kappa shape index (κ3) is 5.75. The number of hydrogen-bond acceptors (Lipinski definition) is 3. The van der Waals surface area contributed by atoms with Crippen LogP contribution in [-0.2, 0) is 16.1 Å². The SMILES string of the molecule is CNC(=O)[C@H](C)N(Cc1cccc(Br)c1)C(=O)COc1ccc(Cl)cc1. The third-order valence-corrected chi connectivity index (χ3v) is 4.58. The fourth-order valence-corrected chi connectivity index (χ4v) is 2.95. The van der Waals surface area contributed by atoms with Crippen LogP contribution in [0.4, 0.5) is 0 Å². The van der Waals surface area contributed by atoms with Crippen molar-refractivity contribution in [3.05, 3.63) is 63.6 Å². The van der Waals surface area contributed by atoms with Crippen LogP contribution in [0.25, 0.3) is 0 Å². The van der Waals surface area contributed by atoms with Crippen molar-refractivity contribution < 1.29 is 14.3 Å². The van der Waals surface area contributed by atoms with E-state index in [9.17, 15) is 9.59 Å². The molecule has 2 aromatic rings. The Labute approximate surface area is 166 Å². The Balaban J connectivity index is 2.12. The van der Waals surface area contributed by atoms with E-state index in [1.165, 1.54) is 4.90 Å². The molecule has 1 atom stereocenters. The summed E-state index contributed by atoms with van der Waals surface area (Å²) in [6.07, 6.45) is 0. The summed E-state index contributed by atoms with van der Waals surface area (Å²) in [5, 5.41) is 3.17. The lowest BCUT2D eigenvalue weighted by Crippen LogP contribution is -2.48. The normalized spacial score (nSPS) is 11.5. The highest BCUT2D eigenvalue weighted by Gasteiger charge is 2.25. The highest BCUT2D eigenvalue weighted by molar-refractivity contribution is 9.10. The Morgan fingerprint density at radius 1 is 1.23 bits per heavy atom. The smallest absolute Gasteiger partial charge is 0.261 e. The summed E-state index contributed by atoms with van der Waals surface area (Å²) in [4.78, 5) is 26.3. The van der Waals surface area contributed by atoms with Crippen molar-refractivity contribution in [2.45, 2.75) is 19.5 Å². The molecule has 0 heterocycles. The summed E-state index contributed by atoms with van der Waals surface area (Å²) >= 11 is 9.26. The number of benzene rings is 2. The van der Waals surface area contributed by atoms with Crippen molar-refractivity contribution in [3.8, 4) is 5.75 Å². The number of ether oxygens (including phenoxy) is 1. The molecule has 2 aromatic carbocycles. The van der Waals surface area contributed by atoms with Gasteiger partial charge < -0.3 is 15.0 Å². The van der Waals surface area contributed by atoms with Gasteiger partial charge in [-0.2, -0.15) is 0 Å². The van der Waals surface area contributed by atoms with Crippen LogP contribution in [0.5, 0.6) is 5.75 Å². The predicted molar refractivity (Wildman–Crippen MR) is 105 cm³/mol. The standard InChI is InChI=1S/C19H20BrClN2O3/c1-13(19(25)22-2)23(11-14-4-3-5-15(20)10-14)18(24)12-26-17-8-6-16(21)7-9-17/h3-10,13H,11-12H2,1-2H3,(H,22,25)/t13-/m0/s1. The molecule has 0 spiro atoms. The molecule has 0 saturated carbocycles. The number of amides is 2. The van der Waals surface area contributed by atoms with Crippen LogP contribution in [0, 0.1) is 0 Å². The monoisotopic (exact) mass is 438 g/mol. The first-order valence-electron chi connectivity index (χ1n) is 8.04. The average Bonchev–Trinajstić information content (AvgIpc) is 2.64. The second kappa shape index (κ2) is 9.59. The fraction of sp³-hybridized carbons (Fsp3) is 0.263. The van der Waals surface area contributed by atoms with E-state index in [4.69, 9.17) is 16.3 Å². The van der Waals surface area contributed by atoms with Crippen LogP contribution in [0.1, 0.15) is 12.5 Å². The summed E-state index contributed by atoms with van der Waals surface area (Å²) in [5.74, 6) is 0.0219. The van der Waals surface area contributed by atoms with Gasteiger partial charge in [0.2, 0.25) is 5.91 Å². The van der Waals surface area contributed by atoms with Crippen LogP contribution in [-0.4, -0.2) is 36.4 Å². The fourth-order valence-electron chi connectivity index (χ4n) is 2.38. The van der Waals surface area contributed by atoms with Gasteiger partial charge in [0, 0.05) is 23.1 Å². The molecule has 2 amide bonds. The zero-order valence-electron chi connectivity index (χ0n) is 14.5. The second-order valence-electron chi connectivity index (χ2n) is 5.68. The average molecular weight is 440 g/mol. The maximum absolute atomic E-state index is 12.7. The Morgan fingerprint density at radius 3 is 2.54 bits per heavy atom. The molecule has 5 nitrogen and oxygen atoms in total.